The topological polar surface area (TPSA) is 118 Å². The zero-order valence-corrected chi connectivity index (χ0v) is 17.2. The summed E-state index contributed by atoms with van der Waals surface area (Å²) >= 11 is 0. The lowest BCUT2D eigenvalue weighted by atomic mass is 9.96. The SMILES string of the molecule is O=C(Nc1cccc(-c2nnco2)c1)C1CCCN(C2=NS(=O)(=O)c3ccccc32)C1. The first-order valence-electron chi connectivity index (χ1n) is 9.88. The van der Waals surface area contributed by atoms with E-state index in [1.165, 1.54) is 6.39 Å². The van der Waals surface area contributed by atoms with Crippen LogP contribution < -0.4 is 5.32 Å². The quantitative estimate of drug-likeness (QED) is 0.669. The van der Waals surface area contributed by atoms with E-state index >= 15 is 0 Å². The molecule has 158 valence electrons. The van der Waals surface area contributed by atoms with E-state index in [1.807, 2.05) is 11.0 Å². The van der Waals surface area contributed by atoms with Crippen LogP contribution in [0.4, 0.5) is 5.69 Å². The van der Waals surface area contributed by atoms with Crippen molar-refractivity contribution in [1.29, 1.82) is 0 Å². The fraction of sp³-hybridized carbons (Fsp3) is 0.238. The minimum atomic E-state index is -3.69. The number of benzene rings is 2. The van der Waals surface area contributed by atoms with Gasteiger partial charge in [-0.05, 0) is 43.2 Å². The highest BCUT2D eigenvalue weighted by atomic mass is 32.2. The molecule has 2 aliphatic rings. The summed E-state index contributed by atoms with van der Waals surface area (Å²) in [6.07, 6.45) is 2.73. The van der Waals surface area contributed by atoms with Gasteiger partial charge in [0.25, 0.3) is 10.0 Å². The van der Waals surface area contributed by atoms with E-state index in [9.17, 15) is 13.2 Å². The standard InChI is InChI=1S/C21H19N5O4S/c27-20(23-16-7-3-5-14(11-16)21-24-22-13-30-21)15-6-4-10-26(12-15)19-17-8-1-2-9-18(17)31(28,29)25-19/h1-3,5,7-9,11,13,15H,4,6,10,12H2,(H,23,27). The van der Waals surface area contributed by atoms with Crippen LogP contribution in [0.1, 0.15) is 18.4 Å². The molecule has 1 aromatic heterocycles. The van der Waals surface area contributed by atoms with Crippen LogP contribution in [0, 0.1) is 5.92 Å². The summed E-state index contributed by atoms with van der Waals surface area (Å²) in [4.78, 5) is 15.1. The Morgan fingerprint density at radius 3 is 2.87 bits per heavy atom. The number of amides is 1. The van der Waals surface area contributed by atoms with Gasteiger partial charge in [-0.15, -0.1) is 14.6 Å². The van der Waals surface area contributed by atoms with Crippen molar-refractivity contribution in [3.05, 3.63) is 60.5 Å². The fourth-order valence-corrected chi connectivity index (χ4v) is 5.20. The van der Waals surface area contributed by atoms with Crippen molar-refractivity contribution in [2.45, 2.75) is 17.7 Å². The van der Waals surface area contributed by atoms with E-state index in [0.717, 1.165) is 6.42 Å². The van der Waals surface area contributed by atoms with E-state index < -0.39 is 10.0 Å². The monoisotopic (exact) mass is 437 g/mol. The smallest absolute Gasteiger partial charge is 0.285 e. The minimum absolute atomic E-state index is 0.123. The number of carbonyl (C=O) groups is 1. The van der Waals surface area contributed by atoms with Crippen molar-refractivity contribution < 1.29 is 17.6 Å². The van der Waals surface area contributed by atoms with Crippen molar-refractivity contribution in [3.8, 4) is 11.5 Å². The number of nitrogens with zero attached hydrogens (tertiary/aromatic N) is 4. The number of fused-ring (bicyclic) bond motifs is 1. The Morgan fingerprint density at radius 1 is 1.16 bits per heavy atom. The van der Waals surface area contributed by atoms with Crippen LogP contribution in [0.3, 0.4) is 0 Å². The Labute approximate surface area is 178 Å². The highest BCUT2D eigenvalue weighted by molar-refractivity contribution is 7.90. The number of carbonyl (C=O) groups excluding carboxylic acids is 1. The molecule has 9 nitrogen and oxygen atoms in total. The molecule has 1 unspecified atom stereocenters. The Bertz CT molecular complexity index is 1270. The second kappa shape index (κ2) is 7.62. The molecular weight excluding hydrogens is 418 g/mol. The highest BCUT2D eigenvalue weighted by Gasteiger charge is 2.35. The molecule has 0 saturated carbocycles. The molecule has 2 aromatic carbocycles. The maximum absolute atomic E-state index is 13.0. The van der Waals surface area contributed by atoms with E-state index in [-0.39, 0.29) is 16.7 Å². The van der Waals surface area contributed by atoms with Crippen LogP contribution >= 0.6 is 0 Å². The summed E-state index contributed by atoms with van der Waals surface area (Å²) in [6.45, 7) is 1.05. The molecule has 3 aromatic rings. The Morgan fingerprint density at radius 2 is 2.03 bits per heavy atom. The maximum atomic E-state index is 13.0. The molecule has 1 N–H and O–H groups in total. The Balaban J connectivity index is 1.33. The lowest BCUT2D eigenvalue weighted by Gasteiger charge is -2.33. The van der Waals surface area contributed by atoms with Gasteiger partial charge in [-0.3, -0.25) is 4.79 Å². The summed E-state index contributed by atoms with van der Waals surface area (Å²) < 4.78 is 34.0. The molecule has 3 heterocycles. The molecule has 1 saturated heterocycles. The molecule has 1 atom stereocenters. The predicted octanol–water partition coefficient (Wildman–Crippen LogP) is 2.54. The van der Waals surface area contributed by atoms with Gasteiger partial charge in [-0.1, -0.05) is 18.2 Å². The van der Waals surface area contributed by atoms with Crippen LogP contribution in [-0.2, 0) is 14.8 Å². The molecule has 0 aliphatic carbocycles. The summed E-state index contributed by atoms with van der Waals surface area (Å²) in [5.41, 5.74) is 1.93. The van der Waals surface area contributed by atoms with Crippen LogP contribution in [0.5, 0.6) is 0 Å². The third-order valence-electron chi connectivity index (χ3n) is 5.44. The maximum Gasteiger partial charge on any atom is 0.285 e. The number of amidine groups is 1. The fourth-order valence-electron chi connectivity index (χ4n) is 3.97. The molecule has 0 radical (unpaired) electrons. The van der Waals surface area contributed by atoms with Crippen molar-refractivity contribution in [2.24, 2.45) is 10.3 Å². The van der Waals surface area contributed by atoms with E-state index in [2.05, 4.69) is 19.9 Å². The van der Waals surface area contributed by atoms with Gasteiger partial charge in [0.1, 0.15) is 4.90 Å². The first kappa shape index (κ1) is 19.4. The van der Waals surface area contributed by atoms with Gasteiger partial charge in [0.2, 0.25) is 18.2 Å². The first-order valence-corrected chi connectivity index (χ1v) is 11.3. The van der Waals surface area contributed by atoms with Gasteiger partial charge in [-0.25, -0.2) is 0 Å². The van der Waals surface area contributed by atoms with Crippen LogP contribution in [0.2, 0.25) is 0 Å². The van der Waals surface area contributed by atoms with Crippen LogP contribution in [0.15, 0.2) is 68.6 Å². The molecule has 1 fully saturated rings. The van der Waals surface area contributed by atoms with Gasteiger partial charge < -0.3 is 14.6 Å². The second-order valence-electron chi connectivity index (χ2n) is 7.49. The molecule has 5 rings (SSSR count). The predicted molar refractivity (Wildman–Crippen MR) is 113 cm³/mol. The lowest BCUT2D eigenvalue weighted by molar-refractivity contribution is -0.121. The summed E-state index contributed by atoms with van der Waals surface area (Å²) in [5, 5.41) is 10.5. The number of rotatable bonds is 3. The third-order valence-corrected chi connectivity index (χ3v) is 6.77. The van der Waals surface area contributed by atoms with Gasteiger partial charge >= 0.3 is 0 Å². The normalized spacial score (nSPS) is 19.5. The highest BCUT2D eigenvalue weighted by Crippen LogP contribution is 2.30. The van der Waals surface area contributed by atoms with Gasteiger partial charge in [0.05, 0.1) is 5.92 Å². The van der Waals surface area contributed by atoms with Gasteiger partial charge in [0, 0.05) is 29.9 Å². The second-order valence-corrected chi connectivity index (χ2v) is 9.06. The Kier molecular flexibility index (Phi) is 4.78. The van der Waals surface area contributed by atoms with E-state index in [0.29, 0.717) is 48.1 Å². The summed E-state index contributed by atoms with van der Waals surface area (Å²) in [7, 11) is -3.69. The number of aromatic nitrogens is 2. The largest absolute Gasteiger partial charge is 0.423 e. The number of sulfonamides is 1. The molecule has 10 heteroatoms. The van der Waals surface area contributed by atoms with Crippen LogP contribution in [0.25, 0.3) is 11.5 Å². The van der Waals surface area contributed by atoms with Crippen molar-refractivity contribution in [1.82, 2.24) is 15.1 Å². The summed E-state index contributed by atoms with van der Waals surface area (Å²) in [5.74, 6) is 0.381. The molecule has 0 spiro atoms. The zero-order valence-electron chi connectivity index (χ0n) is 16.4. The number of nitrogens with one attached hydrogen (secondary N) is 1. The van der Waals surface area contributed by atoms with Crippen molar-refractivity contribution >= 4 is 27.5 Å². The minimum Gasteiger partial charge on any atom is -0.423 e. The number of anilines is 1. The number of hydrogen-bond acceptors (Lipinski definition) is 7. The molecule has 31 heavy (non-hydrogen) atoms. The molecule has 0 bridgehead atoms. The number of likely N-dealkylation sites (tertiary alicyclic amines) is 1. The Hall–Kier alpha value is -3.53. The molecule has 2 aliphatic heterocycles. The number of hydrogen-bond donors (Lipinski definition) is 1. The summed E-state index contributed by atoms with van der Waals surface area (Å²) in [6, 6.07) is 14.0. The zero-order chi connectivity index (χ0) is 21.4. The van der Waals surface area contributed by atoms with Gasteiger partial charge in [0.15, 0.2) is 5.84 Å². The van der Waals surface area contributed by atoms with E-state index in [1.54, 1.807) is 42.5 Å². The average Bonchev–Trinajstić information content (AvgIpc) is 3.41. The molecule has 1 amide bonds. The first-order chi connectivity index (χ1) is 15.0. The van der Waals surface area contributed by atoms with Crippen LogP contribution in [-0.4, -0.2) is 48.3 Å². The average molecular weight is 437 g/mol. The number of piperidine rings is 1. The van der Waals surface area contributed by atoms with Crippen molar-refractivity contribution in [3.63, 3.8) is 0 Å². The van der Waals surface area contributed by atoms with Crippen molar-refractivity contribution in [2.75, 3.05) is 18.4 Å². The van der Waals surface area contributed by atoms with Gasteiger partial charge in [-0.2, -0.15) is 8.42 Å². The molecular formula is C21H19N5O4S. The third kappa shape index (κ3) is 3.70. The van der Waals surface area contributed by atoms with E-state index in [4.69, 9.17) is 4.42 Å². The lowest BCUT2D eigenvalue weighted by Crippen LogP contribution is -2.43.